The molecule has 0 aromatic carbocycles. The van der Waals surface area contributed by atoms with E-state index in [2.05, 4.69) is 15.6 Å². The highest BCUT2D eigenvalue weighted by Crippen LogP contribution is 2.20. The van der Waals surface area contributed by atoms with Gasteiger partial charge in [0, 0.05) is 20.2 Å². The molecule has 1 unspecified atom stereocenters. The number of hydrogen-bond donors (Lipinski definition) is 3. The van der Waals surface area contributed by atoms with E-state index in [-0.39, 0.29) is 6.54 Å². The van der Waals surface area contributed by atoms with Gasteiger partial charge in [-0.2, -0.15) is 0 Å². The molecule has 0 saturated heterocycles. The Morgan fingerprint density at radius 2 is 2.18 bits per heavy atom. The molecule has 0 aliphatic heterocycles. The van der Waals surface area contributed by atoms with Crippen LogP contribution in [-0.2, 0) is 15.1 Å². The van der Waals surface area contributed by atoms with E-state index in [1.165, 1.54) is 6.26 Å². The number of hydrogen-bond acceptors (Lipinski definition) is 5. The van der Waals surface area contributed by atoms with E-state index in [4.69, 9.17) is 13.9 Å². The second kappa shape index (κ2) is 10.2. The Morgan fingerprint density at radius 3 is 2.82 bits per heavy atom. The van der Waals surface area contributed by atoms with Gasteiger partial charge in [-0.05, 0) is 26.0 Å². The fourth-order valence-corrected chi connectivity index (χ4v) is 1.72. The second-order valence-electron chi connectivity index (χ2n) is 4.98. The van der Waals surface area contributed by atoms with Crippen molar-refractivity contribution >= 4 is 5.96 Å². The van der Waals surface area contributed by atoms with Gasteiger partial charge in [0.15, 0.2) is 5.96 Å². The molecule has 126 valence electrons. The second-order valence-corrected chi connectivity index (χ2v) is 4.98. The summed E-state index contributed by atoms with van der Waals surface area (Å²) in [6, 6.07) is 3.48. The SMILES string of the molecule is CCNC(=NCC(C)(O)c1ccco1)NCCOCCOC. The summed E-state index contributed by atoms with van der Waals surface area (Å²) >= 11 is 0. The number of furan rings is 1. The van der Waals surface area contributed by atoms with Crippen LogP contribution in [-0.4, -0.2) is 57.6 Å². The predicted molar refractivity (Wildman–Crippen MR) is 85.0 cm³/mol. The van der Waals surface area contributed by atoms with Crippen LogP contribution in [0, 0.1) is 0 Å². The van der Waals surface area contributed by atoms with E-state index in [0.29, 0.717) is 38.1 Å². The van der Waals surface area contributed by atoms with E-state index in [9.17, 15) is 5.11 Å². The molecule has 1 rings (SSSR count). The molecule has 1 aromatic heterocycles. The topological polar surface area (TPSA) is 88.3 Å². The molecule has 1 aromatic rings. The Hall–Kier alpha value is -1.57. The van der Waals surface area contributed by atoms with E-state index < -0.39 is 5.60 Å². The van der Waals surface area contributed by atoms with Crippen molar-refractivity contribution in [2.24, 2.45) is 4.99 Å². The standard InChI is InChI=1S/C15H27N3O4/c1-4-16-14(17-7-9-21-11-10-20-3)18-12-15(2,19)13-6-5-8-22-13/h5-6,8,19H,4,7,9-12H2,1-3H3,(H2,16,17,18). The maximum Gasteiger partial charge on any atom is 0.191 e. The number of nitrogens with zero attached hydrogens (tertiary/aromatic N) is 1. The van der Waals surface area contributed by atoms with Crippen LogP contribution in [0.25, 0.3) is 0 Å². The van der Waals surface area contributed by atoms with Crippen LogP contribution in [0.15, 0.2) is 27.8 Å². The Balaban J connectivity index is 2.41. The van der Waals surface area contributed by atoms with Crippen LogP contribution in [0.4, 0.5) is 0 Å². The third-order valence-corrected chi connectivity index (χ3v) is 2.91. The number of ether oxygens (including phenoxy) is 2. The molecule has 1 heterocycles. The summed E-state index contributed by atoms with van der Waals surface area (Å²) in [6.45, 7) is 6.92. The first-order valence-corrected chi connectivity index (χ1v) is 7.45. The van der Waals surface area contributed by atoms with Crippen molar-refractivity contribution in [3.63, 3.8) is 0 Å². The van der Waals surface area contributed by atoms with Gasteiger partial charge in [-0.1, -0.05) is 0 Å². The molecule has 0 radical (unpaired) electrons. The largest absolute Gasteiger partial charge is 0.466 e. The zero-order valence-corrected chi connectivity index (χ0v) is 13.6. The molecule has 7 heteroatoms. The Bertz CT molecular complexity index is 418. The van der Waals surface area contributed by atoms with Gasteiger partial charge in [-0.15, -0.1) is 0 Å². The number of rotatable bonds is 10. The minimum Gasteiger partial charge on any atom is -0.466 e. The first-order chi connectivity index (χ1) is 10.6. The van der Waals surface area contributed by atoms with Gasteiger partial charge in [0.1, 0.15) is 11.4 Å². The number of nitrogens with one attached hydrogen (secondary N) is 2. The van der Waals surface area contributed by atoms with Crippen molar-refractivity contribution < 1.29 is 19.0 Å². The van der Waals surface area contributed by atoms with Crippen molar-refractivity contribution in [3.05, 3.63) is 24.2 Å². The van der Waals surface area contributed by atoms with E-state index in [1.54, 1.807) is 26.2 Å². The van der Waals surface area contributed by atoms with Gasteiger partial charge >= 0.3 is 0 Å². The fraction of sp³-hybridized carbons (Fsp3) is 0.667. The normalized spacial score (nSPS) is 14.6. The molecule has 0 bridgehead atoms. The van der Waals surface area contributed by atoms with E-state index >= 15 is 0 Å². The molecule has 0 aliphatic carbocycles. The summed E-state index contributed by atoms with van der Waals surface area (Å²) in [5.41, 5.74) is -1.14. The Labute approximate surface area is 131 Å². The zero-order chi connectivity index (χ0) is 16.3. The third-order valence-electron chi connectivity index (χ3n) is 2.91. The highest BCUT2D eigenvalue weighted by Gasteiger charge is 2.25. The quantitative estimate of drug-likeness (QED) is 0.335. The van der Waals surface area contributed by atoms with Crippen LogP contribution < -0.4 is 10.6 Å². The summed E-state index contributed by atoms with van der Waals surface area (Å²) in [6.07, 6.45) is 1.54. The van der Waals surface area contributed by atoms with Crippen molar-refractivity contribution in [1.82, 2.24) is 10.6 Å². The first kappa shape index (κ1) is 18.5. The summed E-state index contributed by atoms with van der Waals surface area (Å²) in [4.78, 5) is 4.38. The van der Waals surface area contributed by atoms with Crippen molar-refractivity contribution in [2.75, 3.05) is 46.6 Å². The lowest BCUT2D eigenvalue weighted by molar-refractivity contribution is 0.0436. The molecule has 0 spiro atoms. The molecular weight excluding hydrogens is 286 g/mol. The van der Waals surface area contributed by atoms with Gasteiger partial charge in [0.2, 0.25) is 0 Å². The first-order valence-electron chi connectivity index (χ1n) is 7.45. The van der Waals surface area contributed by atoms with Crippen LogP contribution in [0.5, 0.6) is 0 Å². The van der Waals surface area contributed by atoms with E-state index in [1.807, 2.05) is 6.92 Å². The fourth-order valence-electron chi connectivity index (χ4n) is 1.72. The van der Waals surface area contributed by atoms with Crippen LogP contribution in [0.3, 0.4) is 0 Å². The third kappa shape index (κ3) is 6.93. The molecule has 1 atom stereocenters. The number of aliphatic hydroxyl groups is 1. The number of methoxy groups -OCH3 is 1. The lowest BCUT2D eigenvalue weighted by Crippen LogP contribution is -2.40. The summed E-state index contributed by atoms with van der Waals surface area (Å²) in [7, 11) is 1.64. The maximum absolute atomic E-state index is 10.4. The van der Waals surface area contributed by atoms with Gasteiger partial charge in [-0.3, -0.25) is 0 Å². The van der Waals surface area contributed by atoms with Gasteiger partial charge in [-0.25, -0.2) is 4.99 Å². The van der Waals surface area contributed by atoms with Crippen LogP contribution in [0.1, 0.15) is 19.6 Å². The molecule has 0 fully saturated rings. The predicted octanol–water partition coefficient (Wildman–Crippen LogP) is 0.705. The summed E-state index contributed by atoms with van der Waals surface area (Å²) in [5, 5.41) is 16.6. The van der Waals surface area contributed by atoms with Crippen LogP contribution in [0.2, 0.25) is 0 Å². The lowest BCUT2D eigenvalue weighted by Gasteiger charge is -2.19. The maximum atomic E-state index is 10.4. The molecular formula is C15H27N3O4. The minimum absolute atomic E-state index is 0.195. The molecule has 0 aliphatic rings. The Kier molecular flexibility index (Phi) is 8.57. The number of guanidine groups is 1. The highest BCUT2D eigenvalue weighted by molar-refractivity contribution is 5.79. The zero-order valence-electron chi connectivity index (χ0n) is 13.6. The van der Waals surface area contributed by atoms with E-state index in [0.717, 1.165) is 6.54 Å². The smallest absolute Gasteiger partial charge is 0.191 e. The number of aliphatic imine (C=N–C) groups is 1. The lowest BCUT2D eigenvalue weighted by atomic mass is 10.0. The van der Waals surface area contributed by atoms with Gasteiger partial charge < -0.3 is 29.6 Å². The summed E-state index contributed by atoms with van der Waals surface area (Å²) in [5.74, 6) is 1.12. The highest BCUT2D eigenvalue weighted by atomic mass is 16.5. The van der Waals surface area contributed by atoms with Crippen molar-refractivity contribution in [1.29, 1.82) is 0 Å². The molecule has 3 N–H and O–H groups in total. The molecule has 22 heavy (non-hydrogen) atoms. The van der Waals surface area contributed by atoms with Crippen molar-refractivity contribution in [2.45, 2.75) is 19.4 Å². The average Bonchev–Trinajstić information content (AvgIpc) is 3.03. The minimum atomic E-state index is -1.14. The van der Waals surface area contributed by atoms with Gasteiger partial charge in [0.05, 0.1) is 32.6 Å². The molecule has 0 amide bonds. The van der Waals surface area contributed by atoms with Crippen molar-refractivity contribution in [3.8, 4) is 0 Å². The Morgan fingerprint density at radius 1 is 1.36 bits per heavy atom. The van der Waals surface area contributed by atoms with Crippen LogP contribution >= 0.6 is 0 Å². The van der Waals surface area contributed by atoms with Gasteiger partial charge in [0.25, 0.3) is 0 Å². The average molecular weight is 313 g/mol. The molecule has 7 nitrogen and oxygen atoms in total. The molecule has 0 saturated carbocycles. The monoisotopic (exact) mass is 313 g/mol. The summed E-state index contributed by atoms with van der Waals surface area (Å²) < 4.78 is 15.5.